The lowest BCUT2D eigenvalue weighted by atomic mass is 10.2. The minimum Gasteiger partial charge on any atom is -0.479 e. The number of aromatic nitrogens is 1. The van der Waals surface area contributed by atoms with E-state index in [9.17, 15) is 13.6 Å². The van der Waals surface area contributed by atoms with Crippen molar-refractivity contribution in [1.29, 1.82) is 0 Å². The van der Waals surface area contributed by atoms with Crippen LogP contribution in [0, 0.1) is 11.9 Å². The first-order valence-corrected chi connectivity index (χ1v) is 4.66. The van der Waals surface area contributed by atoms with E-state index < -0.39 is 17.4 Å². The van der Waals surface area contributed by atoms with E-state index in [1.54, 1.807) is 14.1 Å². The Morgan fingerprint density at radius 1 is 1.59 bits per heavy atom. The number of carbonyl (C=O) groups is 1. The molecule has 0 aliphatic carbocycles. The molecule has 0 fully saturated rings. The number of methoxy groups -OCH3 is 1. The number of allylic oxidation sites excluding steroid dienone is 1. The lowest BCUT2D eigenvalue weighted by molar-refractivity contribution is 0.0995. The molecule has 1 heterocycles. The summed E-state index contributed by atoms with van der Waals surface area (Å²) in [5.74, 6) is -3.12. The number of rotatable bonds is 4. The van der Waals surface area contributed by atoms with E-state index in [0.29, 0.717) is 0 Å². The summed E-state index contributed by atoms with van der Waals surface area (Å²) in [4.78, 5) is 16.4. The van der Waals surface area contributed by atoms with Crippen molar-refractivity contribution >= 4 is 5.78 Å². The third kappa shape index (κ3) is 3.24. The summed E-state index contributed by atoms with van der Waals surface area (Å²) >= 11 is 0. The van der Waals surface area contributed by atoms with E-state index in [4.69, 9.17) is 0 Å². The van der Waals surface area contributed by atoms with Crippen LogP contribution >= 0.6 is 0 Å². The zero-order valence-electron chi connectivity index (χ0n) is 9.62. The van der Waals surface area contributed by atoms with Crippen LogP contribution in [0.4, 0.5) is 8.78 Å². The van der Waals surface area contributed by atoms with Gasteiger partial charge in [0.05, 0.1) is 7.11 Å². The van der Waals surface area contributed by atoms with Gasteiger partial charge < -0.3 is 9.64 Å². The fourth-order valence-corrected chi connectivity index (χ4v) is 1.04. The van der Waals surface area contributed by atoms with Crippen LogP contribution in [0.25, 0.3) is 0 Å². The Kier molecular flexibility index (Phi) is 4.14. The zero-order valence-corrected chi connectivity index (χ0v) is 9.62. The van der Waals surface area contributed by atoms with E-state index in [-0.39, 0.29) is 11.6 Å². The fraction of sp³-hybridized carbons (Fsp3) is 0.273. The summed E-state index contributed by atoms with van der Waals surface area (Å²) in [5, 5.41) is 0. The Hall–Kier alpha value is -1.98. The van der Waals surface area contributed by atoms with Crippen LogP contribution in [-0.2, 0) is 0 Å². The van der Waals surface area contributed by atoms with Gasteiger partial charge >= 0.3 is 0 Å². The van der Waals surface area contributed by atoms with Crippen molar-refractivity contribution in [1.82, 2.24) is 9.88 Å². The van der Waals surface area contributed by atoms with Crippen LogP contribution in [0.3, 0.4) is 0 Å². The maximum atomic E-state index is 13.3. The third-order valence-corrected chi connectivity index (χ3v) is 1.75. The normalized spacial score (nSPS) is 11.2. The molecule has 4 nitrogen and oxygen atoms in total. The smallest absolute Gasteiger partial charge is 0.250 e. The average molecular weight is 241 g/mol. The molecule has 0 unspecified atom stereocenters. The van der Waals surface area contributed by atoms with Gasteiger partial charge in [-0.2, -0.15) is 0 Å². The van der Waals surface area contributed by atoms with E-state index in [2.05, 4.69) is 15.8 Å². The lowest BCUT2D eigenvalue weighted by Gasteiger charge is -2.05. The van der Waals surface area contributed by atoms with E-state index in [1.807, 2.05) is 0 Å². The molecule has 1 rings (SSSR count). The number of hydrogen-bond donors (Lipinski definition) is 0. The Bertz CT molecular complexity index is 459. The summed E-state index contributed by atoms with van der Waals surface area (Å²) in [6.45, 7) is 0. The number of halogens is 2. The standard InChI is InChI=1S/C11H11F2N2O2/c1-15(2)6-8(13)10(16)9-5-4-7(12)11(14-9)17-3/h4,6H,1-3H3/b8-6-. The molecule has 0 amide bonds. The molecule has 17 heavy (non-hydrogen) atoms. The van der Waals surface area contributed by atoms with Gasteiger partial charge in [0.2, 0.25) is 5.78 Å². The Morgan fingerprint density at radius 3 is 2.76 bits per heavy atom. The molecule has 91 valence electrons. The first kappa shape index (κ1) is 13.1. The quantitative estimate of drug-likeness (QED) is 0.593. The van der Waals surface area contributed by atoms with Crippen molar-refractivity contribution < 1.29 is 18.3 Å². The van der Waals surface area contributed by atoms with Gasteiger partial charge in [-0.25, -0.2) is 13.8 Å². The van der Waals surface area contributed by atoms with Crippen LogP contribution in [0.2, 0.25) is 0 Å². The minimum atomic E-state index is -1.01. The van der Waals surface area contributed by atoms with Crippen LogP contribution in [0.1, 0.15) is 10.5 Å². The highest BCUT2D eigenvalue weighted by Crippen LogP contribution is 2.15. The lowest BCUT2D eigenvalue weighted by Crippen LogP contribution is -2.09. The van der Waals surface area contributed by atoms with E-state index in [1.165, 1.54) is 12.0 Å². The monoisotopic (exact) mass is 241 g/mol. The van der Waals surface area contributed by atoms with Gasteiger partial charge in [0.15, 0.2) is 11.6 Å². The van der Waals surface area contributed by atoms with Crippen LogP contribution < -0.4 is 4.74 Å². The van der Waals surface area contributed by atoms with Crippen LogP contribution in [0.15, 0.2) is 18.1 Å². The largest absolute Gasteiger partial charge is 0.479 e. The highest BCUT2D eigenvalue weighted by molar-refractivity contribution is 6.05. The van der Waals surface area contributed by atoms with Crippen molar-refractivity contribution in [3.8, 4) is 5.88 Å². The fourth-order valence-electron chi connectivity index (χ4n) is 1.04. The van der Waals surface area contributed by atoms with Gasteiger partial charge in [0.25, 0.3) is 5.88 Å². The number of ketones is 1. The zero-order chi connectivity index (χ0) is 13.0. The molecule has 0 saturated heterocycles. The van der Waals surface area contributed by atoms with Crippen molar-refractivity contribution in [2.75, 3.05) is 21.2 Å². The van der Waals surface area contributed by atoms with Crippen LogP contribution in [0.5, 0.6) is 5.88 Å². The number of hydrogen-bond acceptors (Lipinski definition) is 4. The number of nitrogens with zero attached hydrogens (tertiary/aromatic N) is 2. The maximum Gasteiger partial charge on any atom is 0.250 e. The molecule has 0 aliphatic heterocycles. The SMILES string of the molecule is COc1nc(C(=O)/C(F)=C/N(C)C)[c]cc1F. The van der Waals surface area contributed by atoms with Gasteiger partial charge in [-0.05, 0) is 6.07 Å². The van der Waals surface area contributed by atoms with Crippen molar-refractivity contribution in [2.24, 2.45) is 0 Å². The van der Waals surface area contributed by atoms with Crippen LogP contribution in [-0.4, -0.2) is 36.9 Å². The Morgan fingerprint density at radius 2 is 2.24 bits per heavy atom. The second-order valence-corrected chi connectivity index (χ2v) is 3.38. The predicted octanol–water partition coefficient (Wildman–Crippen LogP) is 1.58. The molecular formula is C11H11F2N2O2. The topological polar surface area (TPSA) is 42.4 Å². The summed E-state index contributed by atoms with van der Waals surface area (Å²) < 4.78 is 30.9. The second kappa shape index (κ2) is 5.38. The molecule has 6 heteroatoms. The maximum absolute atomic E-state index is 13.3. The first-order chi connectivity index (χ1) is 7.95. The molecule has 1 radical (unpaired) electrons. The first-order valence-electron chi connectivity index (χ1n) is 4.66. The minimum absolute atomic E-state index is 0.334. The molecule has 0 atom stereocenters. The Balaban J connectivity index is 3.05. The van der Waals surface area contributed by atoms with Gasteiger partial charge in [-0.3, -0.25) is 4.79 Å². The summed E-state index contributed by atoms with van der Waals surface area (Å²) in [7, 11) is 4.33. The molecular weight excluding hydrogens is 230 g/mol. The Labute approximate surface area is 97.5 Å². The summed E-state index contributed by atoms with van der Waals surface area (Å²) in [6.07, 6.45) is 0.994. The molecule has 0 saturated carbocycles. The average Bonchev–Trinajstić information content (AvgIpc) is 2.27. The van der Waals surface area contributed by atoms with Crippen molar-refractivity contribution in [3.63, 3.8) is 0 Å². The van der Waals surface area contributed by atoms with E-state index >= 15 is 0 Å². The van der Waals surface area contributed by atoms with Gasteiger partial charge in [0.1, 0.15) is 5.69 Å². The number of carbonyl (C=O) groups excluding carboxylic acids is 1. The van der Waals surface area contributed by atoms with Crippen molar-refractivity contribution in [3.05, 3.63) is 35.7 Å². The molecule has 0 N–H and O–H groups in total. The molecule has 1 aromatic heterocycles. The molecule has 0 bridgehead atoms. The molecule has 1 aromatic rings. The predicted molar refractivity (Wildman–Crippen MR) is 56.8 cm³/mol. The highest BCUT2D eigenvalue weighted by atomic mass is 19.1. The van der Waals surface area contributed by atoms with E-state index in [0.717, 1.165) is 12.3 Å². The number of ether oxygens (including phenoxy) is 1. The van der Waals surface area contributed by atoms with Gasteiger partial charge in [-0.15, -0.1) is 0 Å². The second-order valence-electron chi connectivity index (χ2n) is 3.38. The van der Waals surface area contributed by atoms with Gasteiger partial charge in [0, 0.05) is 26.4 Å². The van der Waals surface area contributed by atoms with Crippen molar-refractivity contribution in [2.45, 2.75) is 0 Å². The molecule has 0 aliphatic rings. The molecule has 0 aromatic carbocycles. The number of pyridine rings is 1. The highest BCUT2D eigenvalue weighted by Gasteiger charge is 2.17. The third-order valence-electron chi connectivity index (χ3n) is 1.75. The number of Topliss-reactive ketones (excluding diaryl/α,β-unsaturated/α-hetero) is 1. The summed E-state index contributed by atoms with van der Waals surface area (Å²) in [5.41, 5.74) is -0.334. The van der Waals surface area contributed by atoms with Gasteiger partial charge in [-0.1, -0.05) is 0 Å². The summed E-state index contributed by atoms with van der Waals surface area (Å²) in [6, 6.07) is 3.13. The molecule has 0 spiro atoms.